The number of carbonyl (C=O) groups excluding carboxylic acids is 1. The highest BCUT2D eigenvalue weighted by molar-refractivity contribution is 7.92. The molecule has 0 aliphatic carbocycles. The van der Waals surface area contributed by atoms with E-state index in [-0.39, 0.29) is 35.6 Å². The van der Waals surface area contributed by atoms with Gasteiger partial charge >= 0.3 is 6.09 Å². The molecule has 0 unspecified atom stereocenters. The average molecular weight is 429 g/mol. The molecular formula is C21H23N3O5S. The number of nitrogens with zero attached hydrogens (tertiary/aromatic N) is 2. The van der Waals surface area contributed by atoms with Gasteiger partial charge in [-0.25, -0.2) is 13.2 Å². The Labute approximate surface area is 176 Å². The Kier molecular flexibility index (Phi) is 5.89. The maximum absolute atomic E-state index is 13.2. The fourth-order valence-electron chi connectivity index (χ4n) is 2.81. The fraction of sp³-hybridized carbons (Fsp3) is 0.333. The second-order valence-corrected chi connectivity index (χ2v) is 9.87. The SMILES string of the molecule is CC(C)(C)COC(=O)Nc1ccc2c(c1)N(S(=O)(=O)c1cccc(C#N)c1)CCO2. The summed E-state index contributed by atoms with van der Waals surface area (Å²) in [6, 6.07) is 12.5. The summed E-state index contributed by atoms with van der Waals surface area (Å²) >= 11 is 0. The van der Waals surface area contributed by atoms with Crippen molar-refractivity contribution in [2.45, 2.75) is 25.7 Å². The minimum Gasteiger partial charge on any atom is -0.489 e. The third kappa shape index (κ3) is 4.83. The lowest BCUT2D eigenvalue weighted by atomic mass is 9.99. The van der Waals surface area contributed by atoms with Crippen LogP contribution in [-0.2, 0) is 14.8 Å². The van der Waals surface area contributed by atoms with Crippen LogP contribution >= 0.6 is 0 Å². The van der Waals surface area contributed by atoms with Gasteiger partial charge in [0.2, 0.25) is 0 Å². The second-order valence-electron chi connectivity index (χ2n) is 8.01. The van der Waals surface area contributed by atoms with Crippen LogP contribution < -0.4 is 14.4 Å². The van der Waals surface area contributed by atoms with E-state index in [0.29, 0.717) is 17.1 Å². The molecule has 2 aromatic carbocycles. The van der Waals surface area contributed by atoms with E-state index in [4.69, 9.17) is 14.7 Å². The topological polar surface area (TPSA) is 109 Å². The zero-order valence-corrected chi connectivity index (χ0v) is 17.8. The van der Waals surface area contributed by atoms with Crippen molar-refractivity contribution in [3.63, 3.8) is 0 Å². The predicted octanol–water partition coefficient (Wildman–Crippen LogP) is 3.74. The maximum Gasteiger partial charge on any atom is 0.411 e. The lowest BCUT2D eigenvalue weighted by molar-refractivity contribution is 0.118. The number of rotatable bonds is 4. The molecule has 0 spiro atoms. The Morgan fingerprint density at radius 1 is 1.27 bits per heavy atom. The number of hydrogen-bond acceptors (Lipinski definition) is 6. The molecule has 8 nitrogen and oxygen atoms in total. The van der Waals surface area contributed by atoms with Crippen molar-refractivity contribution in [1.82, 2.24) is 0 Å². The molecule has 1 aliphatic heterocycles. The van der Waals surface area contributed by atoms with Crippen LogP contribution in [0.15, 0.2) is 47.4 Å². The fourth-order valence-corrected chi connectivity index (χ4v) is 4.31. The van der Waals surface area contributed by atoms with Gasteiger partial charge < -0.3 is 9.47 Å². The third-order valence-corrected chi connectivity index (χ3v) is 6.02. The number of nitrogens with one attached hydrogen (secondary N) is 1. The molecule has 1 heterocycles. The van der Waals surface area contributed by atoms with Gasteiger partial charge in [-0.1, -0.05) is 26.8 Å². The standard InChI is InChI=1S/C21H23N3O5S/c1-21(2,3)14-29-20(25)23-16-7-8-19-18(12-16)24(9-10-28-19)30(26,27)17-6-4-5-15(11-17)13-22/h4-8,11-12H,9-10,14H2,1-3H3,(H,23,25). The molecule has 1 aliphatic rings. The van der Waals surface area contributed by atoms with E-state index in [9.17, 15) is 13.2 Å². The third-order valence-electron chi connectivity index (χ3n) is 4.21. The number of sulfonamides is 1. The van der Waals surface area contributed by atoms with Gasteiger partial charge in [-0.3, -0.25) is 9.62 Å². The average Bonchev–Trinajstić information content (AvgIpc) is 2.71. The number of anilines is 2. The Morgan fingerprint density at radius 2 is 2.03 bits per heavy atom. The van der Waals surface area contributed by atoms with Crippen LogP contribution in [0.4, 0.5) is 16.2 Å². The molecule has 1 amide bonds. The molecule has 30 heavy (non-hydrogen) atoms. The molecule has 0 radical (unpaired) electrons. The summed E-state index contributed by atoms with van der Waals surface area (Å²) in [7, 11) is -3.92. The summed E-state index contributed by atoms with van der Waals surface area (Å²) in [5.74, 6) is 0.384. The molecule has 0 bridgehead atoms. The van der Waals surface area contributed by atoms with Crippen molar-refractivity contribution < 1.29 is 22.7 Å². The highest BCUT2D eigenvalue weighted by Crippen LogP contribution is 2.37. The smallest absolute Gasteiger partial charge is 0.411 e. The van der Waals surface area contributed by atoms with Gasteiger partial charge in [0.25, 0.3) is 10.0 Å². The van der Waals surface area contributed by atoms with Crippen molar-refractivity contribution in [2.24, 2.45) is 5.41 Å². The number of benzene rings is 2. The minimum absolute atomic E-state index is 0.0114. The van der Waals surface area contributed by atoms with Crippen molar-refractivity contribution in [1.29, 1.82) is 5.26 Å². The highest BCUT2D eigenvalue weighted by atomic mass is 32.2. The van der Waals surface area contributed by atoms with Gasteiger partial charge in [0.1, 0.15) is 12.4 Å². The lowest BCUT2D eigenvalue weighted by Crippen LogP contribution is -2.38. The summed E-state index contributed by atoms with van der Waals surface area (Å²) in [5.41, 5.74) is 0.757. The summed E-state index contributed by atoms with van der Waals surface area (Å²) in [4.78, 5) is 12.1. The van der Waals surface area contributed by atoms with Crippen LogP contribution in [0.3, 0.4) is 0 Å². The number of hydrogen-bond donors (Lipinski definition) is 1. The summed E-state index contributed by atoms with van der Waals surface area (Å²) in [5, 5.41) is 11.7. The summed E-state index contributed by atoms with van der Waals surface area (Å²) < 4.78 is 38.4. The minimum atomic E-state index is -3.92. The molecule has 0 saturated carbocycles. The number of ether oxygens (including phenoxy) is 2. The van der Waals surface area contributed by atoms with E-state index in [1.807, 2.05) is 26.8 Å². The molecule has 0 atom stereocenters. The zero-order chi connectivity index (χ0) is 21.9. The quantitative estimate of drug-likeness (QED) is 0.793. The number of nitriles is 1. The van der Waals surface area contributed by atoms with E-state index in [1.54, 1.807) is 12.1 Å². The van der Waals surface area contributed by atoms with Gasteiger partial charge in [-0.2, -0.15) is 5.26 Å². The Morgan fingerprint density at radius 3 is 2.73 bits per heavy atom. The molecule has 0 saturated heterocycles. The van der Waals surface area contributed by atoms with Crippen molar-refractivity contribution in [2.75, 3.05) is 29.4 Å². The molecule has 158 valence electrons. The van der Waals surface area contributed by atoms with Crippen LogP contribution in [0, 0.1) is 16.7 Å². The van der Waals surface area contributed by atoms with Gasteiger partial charge in [-0.15, -0.1) is 0 Å². The van der Waals surface area contributed by atoms with Gasteiger partial charge in [0.15, 0.2) is 0 Å². The predicted molar refractivity (Wildman–Crippen MR) is 112 cm³/mol. The first-order chi connectivity index (χ1) is 14.1. The molecule has 0 aromatic heterocycles. The van der Waals surface area contributed by atoms with Crippen LogP contribution in [0.2, 0.25) is 0 Å². The van der Waals surface area contributed by atoms with Crippen molar-refractivity contribution in [3.8, 4) is 11.8 Å². The largest absolute Gasteiger partial charge is 0.489 e. The van der Waals surface area contributed by atoms with E-state index >= 15 is 0 Å². The van der Waals surface area contributed by atoms with E-state index in [1.165, 1.54) is 34.6 Å². The highest BCUT2D eigenvalue weighted by Gasteiger charge is 2.30. The molecule has 9 heteroatoms. The van der Waals surface area contributed by atoms with Crippen LogP contribution in [-0.4, -0.2) is 34.3 Å². The van der Waals surface area contributed by atoms with E-state index < -0.39 is 16.1 Å². The van der Waals surface area contributed by atoms with Crippen molar-refractivity contribution in [3.05, 3.63) is 48.0 Å². The maximum atomic E-state index is 13.2. The van der Waals surface area contributed by atoms with Gasteiger partial charge in [0, 0.05) is 5.69 Å². The number of fused-ring (bicyclic) bond motifs is 1. The van der Waals surface area contributed by atoms with Crippen LogP contribution in [0.25, 0.3) is 0 Å². The number of carbonyl (C=O) groups is 1. The van der Waals surface area contributed by atoms with Gasteiger partial charge in [0.05, 0.1) is 35.4 Å². The van der Waals surface area contributed by atoms with E-state index in [2.05, 4.69) is 5.32 Å². The molecular weight excluding hydrogens is 406 g/mol. The first-order valence-corrected chi connectivity index (χ1v) is 10.8. The lowest BCUT2D eigenvalue weighted by Gasteiger charge is -2.31. The monoisotopic (exact) mass is 429 g/mol. The van der Waals surface area contributed by atoms with E-state index in [0.717, 1.165) is 0 Å². The Hall–Kier alpha value is -3.25. The first-order valence-electron chi connectivity index (χ1n) is 9.34. The second kappa shape index (κ2) is 8.24. The molecule has 2 aromatic rings. The molecule has 0 fully saturated rings. The Bertz CT molecular complexity index is 1100. The summed E-state index contributed by atoms with van der Waals surface area (Å²) in [6.07, 6.45) is -0.627. The zero-order valence-electron chi connectivity index (χ0n) is 17.0. The van der Waals surface area contributed by atoms with Crippen LogP contribution in [0.5, 0.6) is 5.75 Å². The normalized spacial score (nSPS) is 13.6. The Balaban J connectivity index is 1.88. The van der Waals surface area contributed by atoms with Crippen molar-refractivity contribution >= 4 is 27.5 Å². The van der Waals surface area contributed by atoms with Gasteiger partial charge in [-0.05, 0) is 41.8 Å². The first kappa shape index (κ1) is 21.5. The molecule has 3 rings (SSSR count). The number of amides is 1. The molecule has 1 N–H and O–H groups in total. The summed E-state index contributed by atoms with van der Waals surface area (Å²) in [6.45, 7) is 6.36. The van der Waals surface area contributed by atoms with Crippen LogP contribution in [0.1, 0.15) is 26.3 Å².